The molecule has 0 bridgehead atoms. The molecule has 0 spiro atoms. The first kappa shape index (κ1) is 20.1. The lowest BCUT2D eigenvalue weighted by atomic mass is 9.73. The second-order valence-electron chi connectivity index (χ2n) is 7.58. The molecule has 1 amide bonds. The van der Waals surface area contributed by atoms with Gasteiger partial charge in [0.1, 0.15) is 0 Å². The standard InChI is InChI=1S/C23H28BrNO2/c1-16-14-17(2)21(18(3)15-16)8-11-25-22(26)23(9-12-27-13-10-23)19-4-6-20(24)7-5-19/h4-7,14-15H,8-13H2,1-3H3,(H,25,26). The monoisotopic (exact) mass is 429 g/mol. The number of aryl methyl sites for hydroxylation is 3. The van der Waals surface area contributed by atoms with Crippen molar-refractivity contribution in [2.45, 2.75) is 45.4 Å². The molecule has 3 rings (SSSR count). The summed E-state index contributed by atoms with van der Waals surface area (Å²) in [6.45, 7) is 8.33. The van der Waals surface area contributed by atoms with Crippen molar-refractivity contribution in [1.82, 2.24) is 5.32 Å². The minimum atomic E-state index is -0.490. The Morgan fingerprint density at radius 3 is 2.26 bits per heavy atom. The first-order chi connectivity index (χ1) is 12.9. The predicted octanol–water partition coefficient (Wildman–Crippen LogP) is 4.78. The Labute approximate surface area is 170 Å². The molecule has 0 radical (unpaired) electrons. The maximum atomic E-state index is 13.2. The Morgan fingerprint density at radius 2 is 1.67 bits per heavy atom. The van der Waals surface area contributed by atoms with Crippen LogP contribution < -0.4 is 5.32 Å². The van der Waals surface area contributed by atoms with Crippen LogP contribution in [0.5, 0.6) is 0 Å². The van der Waals surface area contributed by atoms with Gasteiger partial charge < -0.3 is 10.1 Å². The summed E-state index contributed by atoms with van der Waals surface area (Å²) < 4.78 is 6.57. The molecule has 144 valence electrons. The van der Waals surface area contributed by atoms with E-state index in [4.69, 9.17) is 4.74 Å². The topological polar surface area (TPSA) is 38.3 Å². The number of ether oxygens (including phenoxy) is 1. The van der Waals surface area contributed by atoms with E-state index in [-0.39, 0.29) is 5.91 Å². The summed E-state index contributed by atoms with van der Waals surface area (Å²) in [4.78, 5) is 13.2. The van der Waals surface area contributed by atoms with E-state index < -0.39 is 5.41 Å². The summed E-state index contributed by atoms with van der Waals surface area (Å²) in [5, 5.41) is 3.22. The van der Waals surface area contributed by atoms with Gasteiger partial charge in [0.05, 0.1) is 5.41 Å². The smallest absolute Gasteiger partial charge is 0.230 e. The fraction of sp³-hybridized carbons (Fsp3) is 0.435. The molecule has 1 heterocycles. The van der Waals surface area contributed by atoms with E-state index in [0.717, 1.165) is 29.3 Å². The van der Waals surface area contributed by atoms with Crippen molar-refractivity contribution in [2.24, 2.45) is 0 Å². The molecule has 1 fully saturated rings. The lowest BCUT2D eigenvalue weighted by molar-refractivity contribution is -0.130. The lowest BCUT2D eigenvalue weighted by Crippen LogP contribution is -2.48. The minimum Gasteiger partial charge on any atom is -0.381 e. The fourth-order valence-electron chi connectivity index (χ4n) is 4.21. The van der Waals surface area contributed by atoms with Gasteiger partial charge in [-0.1, -0.05) is 45.8 Å². The van der Waals surface area contributed by atoms with Crippen LogP contribution in [0.15, 0.2) is 40.9 Å². The Balaban J connectivity index is 1.73. The van der Waals surface area contributed by atoms with E-state index in [2.05, 4.69) is 66.3 Å². The van der Waals surface area contributed by atoms with Crippen LogP contribution in [0.3, 0.4) is 0 Å². The molecule has 0 atom stereocenters. The lowest BCUT2D eigenvalue weighted by Gasteiger charge is -2.36. The Kier molecular flexibility index (Phi) is 6.38. The molecule has 1 aliphatic heterocycles. The number of hydrogen-bond donors (Lipinski definition) is 1. The van der Waals surface area contributed by atoms with Gasteiger partial charge in [-0.05, 0) is 74.4 Å². The molecule has 0 saturated carbocycles. The molecule has 1 N–H and O–H groups in total. The average molecular weight is 430 g/mol. The molecule has 1 saturated heterocycles. The second kappa shape index (κ2) is 8.57. The van der Waals surface area contributed by atoms with Crippen LogP contribution in [0.1, 0.15) is 40.7 Å². The van der Waals surface area contributed by atoms with Crippen molar-refractivity contribution in [2.75, 3.05) is 19.8 Å². The van der Waals surface area contributed by atoms with E-state index >= 15 is 0 Å². The van der Waals surface area contributed by atoms with E-state index in [1.54, 1.807) is 0 Å². The number of carbonyl (C=O) groups is 1. The number of carbonyl (C=O) groups excluding carboxylic acids is 1. The van der Waals surface area contributed by atoms with Crippen molar-refractivity contribution < 1.29 is 9.53 Å². The highest BCUT2D eigenvalue weighted by atomic mass is 79.9. The third-order valence-corrected chi connectivity index (χ3v) is 6.21. The fourth-order valence-corrected chi connectivity index (χ4v) is 4.47. The van der Waals surface area contributed by atoms with E-state index in [0.29, 0.717) is 19.8 Å². The van der Waals surface area contributed by atoms with Gasteiger partial charge in [-0.2, -0.15) is 0 Å². The molecule has 0 aromatic heterocycles. The van der Waals surface area contributed by atoms with Gasteiger partial charge in [-0.25, -0.2) is 0 Å². The summed E-state index contributed by atoms with van der Waals surface area (Å²) in [5.74, 6) is 0.121. The summed E-state index contributed by atoms with van der Waals surface area (Å²) in [6.07, 6.45) is 2.31. The Bertz CT molecular complexity index is 785. The predicted molar refractivity (Wildman–Crippen MR) is 113 cm³/mol. The van der Waals surface area contributed by atoms with Crippen LogP contribution in [-0.2, 0) is 21.4 Å². The number of amides is 1. The molecule has 1 aliphatic rings. The van der Waals surface area contributed by atoms with Gasteiger partial charge >= 0.3 is 0 Å². The first-order valence-corrected chi connectivity index (χ1v) is 10.4. The largest absolute Gasteiger partial charge is 0.381 e. The summed E-state index contributed by atoms with van der Waals surface area (Å²) in [7, 11) is 0. The number of nitrogens with one attached hydrogen (secondary N) is 1. The minimum absolute atomic E-state index is 0.121. The molecule has 4 heteroatoms. The second-order valence-corrected chi connectivity index (χ2v) is 8.50. The summed E-state index contributed by atoms with van der Waals surface area (Å²) in [6, 6.07) is 12.6. The van der Waals surface area contributed by atoms with Gasteiger partial charge in [-0.3, -0.25) is 4.79 Å². The van der Waals surface area contributed by atoms with E-state index in [1.165, 1.54) is 22.3 Å². The van der Waals surface area contributed by atoms with Crippen LogP contribution in [0.4, 0.5) is 0 Å². The molecule has 2 aromatic rings. The van der Waals surface area contributed by atoms with Crippen LogP contribution in [0, 0.1) is 20.8 Å². The van der Waals surface area contributed by atoms with Crippen molar-refractivity contribution in [3.8, 4) is 0 Å². The SMILES string of the molecule is Cc1cc(C)c(CCNC(=O)C2(c3ccc(Br)cc3)CCOCC2)c(C)c1. The number of hydrogen-bond acceptors (Lipinski definition) is 2. The van der Waals surface area contributed by atoms with Gasteiger partial charge in [0.25, 0.3) is 0 Å². The zero-order valence-electron chi connectivity index (χ0n) is 16.4. The highest BCUT2D eigenvalue weighted by Gasteiger charge is 2.41. The zero-order valence-corrected chi connectivity index (χ0v) is 18.0. The number of rotatable bonds is 5. The van der Waals surface area contributed by atoms with Crippen molar-refractivity contribution >= 4 is 21.8 Å². The molecular formula is C23H28BrNO2. The Hall–Kier alpha value is -1.65. The van der Waals surface area contributed by atoms with Crippen molar-refractivity contribution in [3.63, 3.8) is 0 Å². The number of halogens is 1. The summed E-state index contributed by atoms with van der Waals surface area (Å²) >= 11 is 3.49. The van der Waals surface area contributed by atoms with Crippen molar-refractivity contribution in [1.29, 1.82) is 0 Å². The highest BCUT2D eigenvalue weighted by molar-refractivity contribution is 9.10. The highest BCUT2D eigenvalue weighted by Crippen LogP contribution is 2.35. The quantitative estimate of drug-likeness (QED) is 0.742. The Morgan fingerprint density at radius 1 is 1.07 bits per heavy atom. The normalized spacial score (nSPS) is 16.1. The van der Waals surface area contributed by atoms with Gasteiger partial charge in [-0.15, -0.1) is 0 Å². The maximum absolute atomic E-state index is 13.2. The number of benzene rings is 2. The maximum Gasteiger partial charge on any atom is 0.230 e. The molecule has 0 aliphatic carbocycles. The average Bonchev–Trinajstić information content (AvgIpc) is 2.64. The zero-order chi connectivity index (χ0) is 19.4. The van der Waals surface area contributed by atoms with Crippen LogP contribution in [0.25, 0.3) is 0 Å². The first-order valence-electron chi connectivity index (χ1n) is 9.61. The van der Waals surface area contributed by atoms with Gasteiger partial charge in [0.15, 0.2) is 0 Å². The van der Waals surface area contributed by atoms with E-state index in [9.17, 15) is 4.79 Å². The molecule has 3 nitrogen and oxygen atoms in total. The van der Waals surface area contributed by atoms with Gasteiger partial charge in [0, 0.05) is 24.2 Å². The van der Waals surface area contributed by atoms with E-state index in [1.807, 2.05) is 12.1 Å². The van der Waals surface area contributed by atoms with Crippen LogP contribution in [-0.4, -0.2) is 25.7 Å². The molecule has 0 unspecified atom stereocenters. The summed E-state index contributed by atoms with van der Waals surface area (Å²) in [5.41, 5.74) is 5.82. The third kappa shape index (κ3) is 4.44. The molecule has 27 heavy (non-hydrogen) atoms. The molecule has 2 aromatic carbocycles. The third-order valence-electron chi connectivity index (χ3n) is 5.68. The van der Waals surface area contributed by atoms with Crippen molar-refractivity contribution in [3.05, 3.63) is 68.7 Å². The van der Waals surface area contributed by atoms with Gasteiger partial charge in [0.2, 0.25) is 5.91 Å². The van der Waals surface area contributed by atoms with Crippen LogP contribution in [0.2, 0.25) is 0 Å². The molecular weight excluding hydrogens is 402 g/mol. The van der Waals surface area contributed by atoms with Crippen LogP contribution >= 0.6 is 15.9 Å².